The zero-order chi connectivity index (χ0) is 12.5. The average Bonchev–Trinajstić information content (AvgIpc) is 2.97. The van der Waals surface area contributed by atoms with Gasteiger partial charge in [-0.1, -0.05) is 23.4 Å². The van der Waals surface area contributed by atoms with E-state index in [-0.39, 0.29) is 0 Å². The van der Waals surface area contributed by atoms with Gasteiger partial charge in [-0.25, -0.2) is 4.68 Å². The van der Waals surface area contributed by atoms with Crippen molar-refractivity contribution in [2.24, 2.45) is 0 Å². The molecular weight excluding hydrogens is 230 g/mol. The number of aryl methyl sites for hydroxylation is 1. The summed E-state index contributed by atoms with van der Waals surface area (Å²) in [5.41, 5.74) is 7.57. The van der Waals surface area contributed by atoms with E-state index in [1.54, 1.807) is 17.8 Å². The van der Waals surface area contributed by atoms with Gasteiger partial charge in [0.25, 0.3) is 5.89 Å². The van der Waals surface area contributed by atoms with Crippen LogP contribution >= 0.6 is 0 Å². The zero-order valence-corrected chi connectivity index (χ0v) is 9.74. The first-order chi connectivity index (χ1) is 8.75. The van der Waals surface area contributed by atoms with Gasteiger partial charge < -0.3 is 10.3 Å². The van der Waals surface area contributed by atoms with Crippen LogP contribution in [0, 0.1) is 6.92 Å². The van der Waals surface area contributed by atoms with Gasteiger partial charge in [-0.15, -0.1) is 0 Å². The summed E-state index contributed by atoms with van der Waals surface area (Å²) < 4.78 is 6.72. The lowest BCUT2D eigenvalue weighted by atomic mass is 10.3. The van der Waals surface area contributed by atoms with E-state index >= 15 is 0 Å². The SMILES string of the molecule is Cc1noc(-c2cnn(-c3ccccc3)c2N)n1. The number of para-hydroxylation sites is 1. The Morgan fingerprint density at radius 3 is 2.67 bits per heavy atom. The van der Waals surface area contributed by atoms with E-state index in [9.17, 15) is 0 Å². The number of rotatable bonds is 2. The molecule has 0 bridgehead atoms. The fourth-order valence-corrected chi connectivity index (χ4v) is 1.70. The highest BCUT2D eigenvalue weighted by atomic mass is 16.5. The van der Waals surface area contributed by atoms with Gasteiger partial charge in [-0.2, -0.15) is 10.1 Å². The average molecular weight is 241 g/mol. The summed E-state index contributed by atoms with van der Waals surface area (Å²) in [6.07, 6.45) is 1.62. The van der Waals surface area contributed by atoms with Crippen molar-refractivity contribution in [3.8, 4) is 17.1 Å². The minimum atomic E-state index is 0.382. The molecule has 2 heterocycles. The fourth-order valence-electron chi connectivity index (χ4n) is 1.70. The zero-order valence-electron chi connectivity index (χ0n) is 9.74. The smallest absolute Gasteiger partial charge is 0.263 e. The standard InChI is InChI=1S/C12H11N5O/c1-8-15-12(18-16-8)10-7-14-17(11(10)13)9-5-3-2-4-6-9/h2-7H,13H2,1H3. The van der Waals surface area contributed by atoms with E-state index in [1.165, 1.54) is 0 Å². The predicted octanol–water partition coefficient (Wildman–Crippen LogP) is 1.81. The van der Waals surface area contributed by atoms with Crippen molar-refractivity contribution in [3.63, 3.8) is 0 Å². The van der Waals surface area contributed by atoms with E-state index in [2.05, 4.69) is 15.2 Å². The maximum absolute atomic E-state index is 6.05. The van der Waals surface area contributed by atoms with Gasteiger partial charge in [0.05, 0.1) is 11.9 Å². The molecule has 1 aromatic carbocycles. The minimum absolute atomic E-state index is 0.382. The first kappa shape index (κ1) is 10.5. The lowest BCUT2D eigenvalue weighted by molar-refractivity contribution is 0.426. The van der Waals surface area contributed by atoms with Crippen molar-refractivity contribution >= 4 is 5.82 Å². The highest BCUT2D eigenvalue weighted by Crippen LogP contribution is 2.25. The van der Waals surface area contributed by atoms with Crippen molar-refractivity contribution in [3.05, 3.63) is 42.4 Å². The summed E-state index contributed by atoms with van der Waals surface area (Å²) in [6, 6.07) is 9.63. The number of anilines is 1. The second kappa shape index (κ2) is 3.99. The maximum atomic E-state index is 6.05. The largest absolute Gasteiger partial charge is 0.383 e. The molecule has 0 saturated heterocycles. The molecule has 6 heteroatoms. The first-order valence-electron chi connectivity index (χ1n) is 5.45. The summed E-state index contributed by atoms with van der Waals surface area (Å²) in [7, 11) is 0. The molecule has 3 rings (SSSR count). The molecule has 2 N–H and O–H groups in total. The highest BCUT2D eigenvalue weighted by Gasteiger charge is 2.15. The number of benzene rings is 1. The Morgan fingerprint density at radius 1 is 1.22 bits per heavy atom. The van der Waals surface area contributed by atoms with Crippen molar-refractivity contribution in [2.75, 3.05) is 5.73 Å². The predicted molar refractivity (Wildman–Crippen MR) is 66.0 cm³/mol. The molecule has 0 fully saturated rings. The van der Waals surface area contributed by atoms with Crippen LogP contribution in [0.3, 0.4) is 0 Å². The second-order valence-electron chi connectivity index (χ2n) is 3.84. The number of aromatic nitrogens is 4. The molecule has 3 aromatic rings. The monoisotopic (exact) mass is 241 g/mol. The Balaban J connectivity index is 2.08. The molecular formula is C12H11N5O. The van der Waals surface area contributed by atoms with Crippen molar-refractivity contribution in [1.29, 1.82) is 0 Å². The number of nitrogens with two attached hydrogens (primary N) is 1. The summed E-state index contributed by atoms with van der Waals surface area (Å²) in [6.45, 7) is 1.75. The highest BCUT2D eigenvalue weighted by molar-refractivity contribution is 5.68. The van der Waals surface area contributed by atoms with Gasteiger partial charge in [0.2, 0.25) is 0 Å². The molecule has 90 valence electrons. The van der Waals surface area contributed by atoms with Gasteiger partial charge >= 0.3 is 0 Å². The van der Waals surface area contributed by atoms with Crippen LogP contribution in [0.5, 0.6) is 0 Å². The third-order valence-corrected chi connectivity index (χ3v) is 2.57. The second-order valence-corrected chi connectivity index (χ2v) is 3.84. The van der Waals surface area contributed by atoms with E-state index in [0.717, 1.165) is 5.69 Å². The fraction of sp³-hybridized carbons (Fsp3) is 0.0833. The summed E-state index contributed by atoms with van der Waals surface area (Å²) >= 11 is 0. The third-order valence-electron chi connectivity index (χ3n) is 2.57. The van der Waals surface area contributed by atoms with E-state index < -0.39 is 0 Å². The quantitative estimate of drug-likeness (QED) is 0.739. The summed E-state index contributed by atoms with van der Waals surface area (Å²) in [5.74, 6) is 1.42. The van der Waals surface area contributed by atoms with Crippen LogP contribution in [0.25, 0.3) is 17.1 Å². The summed E-state index contributed by atoms with van der Waals surface area (Å²) in [4.78, 5) is 4.14. The van der Waals surface area contributed by atoms with Crippen molar-refractivity contribution < 1.29 is 4.52 Å². The number of hydrogen-bond acceptors (Lipinski definition) is 5. The van der Waals surface area contributed by atoms with Crippen LogP contribution in [0.1, 0.15) is 5.82 Å². The van der Waals surface area contributed by atoms with Crippen LogP contribution in [0.2, 0.25) is 0 Å². The van der Waals surface area contributed by atoms with E-state index in [1.807, 2.05) is 30.3 Å². The molecule has 0 aliphatic heterocycles. The summed E-state index contributed by atoms with van der Waals surface area (Å²) in [5, 5.41) is 7.97. The maximum Gasteiger partial charge on any atom is 0.263 e. The molecule has 0 spiro atoms. The van der Waals surface area contributed by atoms with Gasteiger partial charge in [-0.05, 0) is 19.1 Å². The Hall–Kier alpha value is -2.63. The molecule has 0 unspecified atom stereocenters. The Labute approximate surface area is 103 Å². The number of nitrogen functional groups attached to an aromatic ring is 1. The van der Waals surface area contributed by atoms with E-state index in [0.29, 0.717) is 23.1 Å². The Bertz CT molecular complexity index is 671. The molecule has 18 heavy (non-hydrogen) atoms. The van der Waals surface area contributed by atoms with Crippen LogP contribution in [0.15, 0.2) is 41.1 Å². The molecule has 0 aliphatic rings. The molecule has 0 aliphatic carbocycles. The lowest BCUT2D eigenvalue weighted by Gasteiger charge is -2.03. The molecule has 0 atom stereocenters. The van der Waals surface area contributed by atoms with Crippen LogP contribution in [-0.4, -0.2) is 19.9 Å². The van der Waals surface area contributed by atoms with Crippen LogP contribution in [-0.2, 0) is 0 Å². The molecule has 0 saturated carbocycles. The normalized spacial score (nSPS) is 10.7. The van der Waals surface area contributed by atoms with Crippen molar-refractivity contribution in [1.82, 2.24) is 19.9 Å². The van der Waals surface area contributed by atoms with Crippen LogP contribution in [0.4, 0.5) is 5.82 Å². The van der Waals surface area contributed by atoms with Gasteiger partial charge in [0.1, 0.15) is 11.4 Å². The third kappa shape index (κ3) is 1.64. The first-order valence-corrected chi connectivity index (χ1v) is 5.45. The topological polar surface area (TPSA) is 82.8 Å². The van der Waals surface area contributed by atoms with Gasteiger partial charge in [-0.3, -0.25) is 0 Å². The van der Waals surface area contributed by atoms with E-state index in [4.69, 9.17) is 10.3 Å². The van der Waals surface area contributed by atoms with Crippen molar-refractivity contribution in [2.45, 2.75) is 6.92 Å². The van der Waals surface area contributed by atoms with Crippen LogP contribution < -0.4 is 5.73 Å². The molecule has 2 aromatic heterocycles. The van der Waals surface area contributed by atoms with Gasteiger partial charge in [0.15, 0.2) is 5.82 Å². The Kier molecular flexibility index (Phi) is 2.33. The molecule has 0 radical (unpaired) electrons. The number of hydrogen-bond donors (Lipinski definition) is 1. The molecule has 0 amide bonds. The molecule has 6 nitrogen and oxygen atoms in total. The Morgan fingerprint density at radius 2 is 2.00 bits per heavy atom. The lowest BCUT2D eigenvalue weighted by Crippen LogP contribution is -2.01. The minimum Gasteiger partial charge on any atom is -0.383 e. The van der Waals surface area contributed by atoms with Gasteiger partial charge in [0, 0.05) is 0 Å². The number of nitrogens with zero attached hydrogens (tertiary/aromatic N) is 4.